The molecule has 2 heterocycles. The van der Waals surface area contributed by atoms with Crippen LogP contribution in [-0.4, -0.2) is 40.6 Å². The van der Waals surface area contributed by atoms with Gasteiger partial charge < -0.3 is 0 Å². The number of hydrogen-bond donors (Lipinski definition) is 0. The highest BCUT2D eigenvalue weighted by molar-refractivity contribution is 7.92. The normalized spacial score (nSPS) is 23.6. The molecule has 0 spiro atoms. The van der Waals surface area contributed by atoms with E-state index in [0.29, 0.717) is 12.2 Å². The van der Waals surface area contributed by atoms with Crippen molar-refractivity contribution >= 4 is 26.6 Å². The molecular weight excluding hydrogens is 298 g/mol. The second-order valence-corrected chi connectivity index (χ2v) is 8.49. The SMILES string of the molecule is CS(=O)c1ncc2c(n1)N(C1CCCC1)S(=O)(=O)CC2. The van der Waals surface area contributed by atoms with Gasteiger partial charge in [0.1, 0.15) is 5.82 Å². The van der Waals surface area contributed by atoms with Crippen LogP contribution >= 0.6 is 0 Å². The number of fused-ring (bicyclic) bond motifs is 1. The van der Waals surface area contributed by atoms with E-state index in [2.05, 4.69) is 9.97 Å². The minimum atomic E-state index is -3.32. The summed E-state index contributed by atoms with van der Waals surface area (Å²) in [4.78, 5) is 8.34. The zero-order valence-electron chi connectivity index (χ0n) is 11.3. The second-order valence-electron chi connectivity index (χ2n) is 5.26. The zero-order chi connectivity index (χ0) is 14.3. The Balaban J connectivity index is 2.12. The molecule has 8 heteroatoms. The van der Waals surface area contributed by atoms with Crippen molar-refractivity contribution in [1.29, 1.82) is 0 Å². The van der Waals surface area contributed by atoms with Crippen LogP contribution in [0.25, 0.3) is 0 Å². The third-order valence-electron chi connectivity index (χ3n) is 3.87. The number of aromatic nitrogens is 2. The molecule has 0 bridgehead atoms. The lowest BCUT2D eigenvalue weighted by Crippen LogP contribution is -2.44. The maximum atomic E-state index is 12.4. The van der Waals surface area contributed by atoms with Crippen LogP contribution in [0.1, 0.15) is 31.2 Å². The summed E-state index contributed by atoms with van der Waals surface area (Å²) in [6, 6.07) is -0.00732. The van der Waals surface area contributed by atoms with Gasteiger partial charge in [0.05, 0.1) is 16.6 Å². The standard InChI is InChI=1S/C12H17N3O3S2/c1-19(16)12-13-8-9-6-7-20(17,18)15(11(9)14-12)10-4-2-3-5-10/h8,10H,2-7H2,1H3. The van der Waals surface area contributed by atoms with Crippen LogP contribution in [0, 0.1) is 0 Å². The Hall–Kier alpha value is -1.02. The molecule has 110 valence electrons. The van der Waals surface area contributed by atoms with Crippen LogP contribution in [0.5, 0.6) is 0 Å². The molecule has 2 aliphatic rings. The zero-order valence-corrected chi connectivity index (χ0v) is 12.9. The molecule has 1 atom stereocenters. The first-order valence-electron chi connectivity index (χ1n) is 6.70. The van der Waals surface area contributed by atoms with Crippen molar-refractivity contribution in [2.45, 2.75) is 43.3 Å². The third kappa shape index (κ3) is 2.35. The fourth-order valence-corrected chi connectivity index (χ4v) is 5.07. The summed E-state index contributed by atoms with van der Waals surface area (Å²) in [5.41, 5.74) is 0.834. The van der Waals surface area contributed by atoms with Gasteiger partial charge in [-0.2, -0.15) is 0 Å². The van der Waals surface area contributed by atoms with Crippen LogP contribution in [0.4, 0.5) is 5.82 Å². The molecule has 0 N–H and O–H groups in total. The van der Waals surface area contributed by atoms with Gasteiger partial charge >= 0.3 is 0 Å². The molecular formula is C12H17N3O3S2. The largest absolute Gasteiger partial charge is 0.251 e. The van der Waals surface area contributed by atoms with E-state index in [1.54, 1.807) is 6.20 Å². The number of anilines is 1. The van der Waals surface area contributed by atoms with Gasteiger partial charge in [-0.25, -0.2) is 18.4 Å². The minimum Gasteiger partial charge on any atom is -0.251 e. The van der Waals surface area contributed by atoms with Crippen molar-refractivity contribution in [3.63, 3.8) is 0 Å². The van der Waals surface area contributed by atoms with Gasteiger partial charge in [-0.05, 0) is 19.3 Å². The first-order valence-corrected chi connectivity index (χ1v) is 9.87. The van der Waals surface area contributed by atoms with E-state index in [-0.39, 0.29) is 17.0 Å². The summed E-state index contributed by atoms with van der Waals surface area (Å²) in [7, 11) is -4.63. The number of rotatable bonds is 2. The van der Waals surface area contributed by atoms with Crippen molar-refractivity contribution in [3.05, 3.63) is 11.8 Å². The highest BCUT2D eigenvalue weighted by atomic mass is 32.2. The molecule has 1 aromatic heterocycles. The van der Waals surface area contributed by atoms with E-state index in [1.165, 1.54) is 10.6 Å². The van der Waals surface area contributed by atoms with Crippen molar-refractivity contribution in [1.82, 2.24) is 9.97 Å². The number of hydrogen-bond acceptors (Lipinski definition) is 5. The lowest BCUT2D eigenvalue weighted by Gasteiger charge is -2.33. The van der Waals surface area contributed by atoms with Crippen LogP contribution in [0.3, 0.4) is 0 Å². The van der Waals surface area contributed by atoms with E-state index < -0.39 is 20.8 Å². The molecule has 6 nitrogen and oxygen atoms in total. The molecule has 0 radical (unpaired) electrons. The number of aryl methyl sites for hydroxylation is 1. The first kappa shape index (κ1) is 13.9. The van der Waals surface area contributed by atoms with Crippen molar-refractivity contribution in [3.8, 4) is 0 Å². The molecule has 0 amide bonds. The molecule has 0 saturated heterocycles. The Morgan fingerprint density at radius 3 is 2.70 bits per heavy atom. The Morgan fingerprint density at radius 1 is 1.35 bits per heavy atom. The highest BCUT2D eigenvalue weighted by Gasteiger charge is 2.38. The van der Waals surface area contributed by atoms with Crippen molar-refractivity contribution < 1.29 is 12.6 Å². The van der Waals surface area contributed by atoms with Crippen LogP contribution < -0.4 is 4.31 Å². The number of sulfonamides is 1. The first-order chi connectivity index (χ1) is 9.49. The Labute approximate surface area is 121 Å². The molecule has 20 heavy (non-hydrogen) atoms. The van der Waals surface area contributed by atoms with Crippen LogP contribution in [-0.2, 0) is 27.2 Å². The fraction of sp³-hybridized carbons (Fsp3) is 0.667. The predicted molar refractivity (Wildman–Crippen MR) is 76.6 cm³/mol. The summed E-state index contributed by atoms with van der Waals surface area (Å²) in [6.45, 7) is 0. The fourth-order valence-electron chi connectivity index (χ4n) is 2.90. The lowest BCUT2D eigenvalue weighted by atomic mass is 10.2. The summed E-state index contributed by atoms with van der Waals surface area (Å²) >= 11 is 0. The summed E-state index contributed by atoms with van der Waals surface area (Å²) < 4.78 is 37.8. The summed E-state index contributed by atoms with van der Waals surface area (Å²) in [5.74, 6) is 0.553. The number of nitrogens with zero attached hydrogens (tertiary/aromatic N) is 3. The van der Waals surface area contributed by atoms with E-state index in [4.69, 9.17) is 0 Å². The minimum absolute atomic E-state index is 0.00732. The van der Waals surface area contributed by atoms with E-state index in [0.717, 1.165) is 31.2 Å². The predicted octanol–water partition coefficient (Wildman–Crippen LogP) is 0.849. The highest BCUT2D eigenvalue weighted by Crippen LogP contribution is 2.35. The lowest BCUT2D eigenvalue weighted by molar-refractivity contribution is 0.566. The van der Waals surface area contributed by atoms with Gasteiger partial charge in [0, 0.05) is 24.1 Å². The van der Waals surface area contributed by atoms with Crippen LogP contribution in [0.2, 0.25) is 0 Å². The molecule has 1 aromatic rings. The molecule has 1 saturated carbocycles. The van der Waals surface area contributed by atoms with Crippen molar-refractivity contribution in [2.75, 3.05) is 16.3 Å². The average Bonchev–Trinajstić information content (AvgIpc) is 2.90. The Morgan fingerprint density at radius 2 is 2.05 bits per heavy atom. The molecule has 1 fully saturated rings. The van der Waals surface area contributed by atoms with Gasteiger partial charge in [-0.1, -0.05) is 12.8 Å². The van der Waals surface area contributed by atoms with Crippen molar-refractivity contribution in [2.24, 2.45) is 0 Å². The second kappa shape index (κ2) is 5.07. The topological polar surface area (TPSA) is 80.2 Å². The maximum Gasteiger partial charge on any atom is 0.236 e. The smallest absolute Gasteiger partial charge is 0.236 e. The monoisotopic (exact) mass is 315 g/mol. The van der Waals surface area contributed by atoms with E-state index >= 15 is 0 Å². The molecule has 1 unspecified atom stereocenters. The van der Waals surface area contributed by atoms with Gasteiger partial charge in [-0.3, -0.25) is 8.51 Å². The van der Waals surface area contributed by atoms with Crippen LogP contribution in [0.15, 0.2) is 11.4 Å². The Bertz CT molecular complexity index is 654. The van der Waals surface area contributed by atoms with Gasteiger partial charge in [0.25, 0.3) is 0 Å². The molecule has 0 aromatic carbocycles. The summed E-state index contributed by atoms with van der Waals surface area (Å²) in [5, 5.41) is 0.198. The van der Waals surface area contributed by atoms with E-state index in [9.17, 15) is 12.6 Å². The third-order valence-corrected chi connectivity index (χ3v) is 6.37. The average molecular weight is 315 g/mol. The molecule has 3 rings (SSSR count). The Kier molecular flexibility index (Phi) is 3.53. The molecule has 1 aliphatic carbocycles. The molecule has 1 aliphatic heterocycles. The van der Waals surface area contributed by atoms with Gasteiger partial charge in [0.15, 0.2) is 0 Å². The maximum absolute atomic E-state index is 12.4. The summed E-state index contributed by atoms with van der Waals surface area (Å²) in [6.07, 6.45) is 7.37. The quantitative estimate of drug-likeness (QED) is 0.756. The van der Waals surface area contributed by atoms with Gasteiger partial charge in [0.2, 0.25) is 15.2 Å². The van der Waals surface area contributed by atoms with E-state index in [1.807, 2.05) is 0 Å². The van der Waals surface area contributed by atoms with Gasteiger partial charge in [-0.15, -0.1) is 0 Å².